The number of allylic oxidation sites excluding steroid dienone is 1. The number of rotatable bonds is 2. The molecular weight excluding hydrogens is 256 g/mol. The van der Waals surface area contributed by atoms with Crippen molar-refractivity contribution in [2.45, 2.75) is 19.3 Å². The second-order valence-electron chi connectivity index (χ2n) is 5.30. The molecule has 0 N–H and O–H groups in total. The number of hydrogen-bond donors (Lipinski definition) is 0. The second-order valence-corrected chi connectivity index (χ2v) is 5.30. The Balaban J connectivity index is 2.14. The molecule has 0 aliphatic heterocycles. The standard InChI is InChI=1S/C16H16O4/c1-19-12-3-4-13-10(7-12)5-6-16(15(18)20-2)9-11(17)8-14(13)16/h3-4,7-8H,5-6,9H2,1-2H3. The van der Waals surface area contributed by atoms with Crippen LogP contribution >= 0.6 is 0 Å². The van der Waals surface area contributed by atoms with Crippen molar-refractivity contribution < 1.29 is 19.1 Å². The summed E-state index contributed by atoms with van der Waals surface area (Å²) in [5, 5.41) is 0. The normalized spacial score (nSPS) is 23.7. The fraction of sp³-hybridized carbons (Fsp3) is 0.375. The van der Waals surface area contributed by atoms with E-state index in [2.05, 4.69) is 0 Å². The van der Waals surface area contributed by atoms with Gasteiger partial charge in [-0.25, -0.2) is 0 Å². The third-order valence-corrected chi connectivity index (χ3v) is 4.30. The van der Waals surface area contributed by atoms with Crippen LogP contribution in [0.5, 0.6) is 5.75 Å². The van der Waals surface area contributed by atoms with E-state index in [1.165, 1.54) is 7.11 Å². The molecule has 0 heterocycles. The van der Waals surface area contributed by atoms with Gasteiger partial charge in [0.1, 0.15) is 11.2 Å². The lowest BCUT2D eigenvalue weighted by Crippen LogP contribution is -2.35. The molecule has 104 valence electrons. The Morgan fingerprint density at radius 3 is 2.80 bits per heavy atom. The van der Waals surface area contributed by atoms with Crippen molar-refractivity contribution >= 4 is 17.3 Å². The van der Waals surface area contributed by atoms with Gasteiger partial charge in [0.25, 0.3) is 0 Å². The number of ether oxygens (including phenoxy) is 2. The highest BCUT2D eigenvalue weighted by Crippen LogP contribution is 2.52. The van der Waals surface area contributed by atoms with Crippen LogP contribution < -0.4 is 4.74 Å². The molecule has 1 atom stereocenters. The van der Waals surface area contributed by atoms with Crippen LogP contribution in [0.1, 0.15) is 24.0 Å². The second kappa shape index (κ2) is 4.47. The quantitative estimate of drug-likeness (QED) is 0.774. The molecule has 1 aromatic carbocycles. The van der Waals surface area contributed by atoms with Crippen LogP contribution in [0, 0.1) is 5.41 Å². The van der Waals surface area contributed by atoms with Crippen molar-refractivity contribution in [2.24, 2.45) is 5.41 Å². The van der Waals surface area contributed by atoms with Crippen LogP contribution in [-0.2, 0) is 20.7 Å². The van der Waals surface area contributed by atoms with Crippen LogP contribution in [0.25, 0.3) is 5.57 Å². The SMILES string of the molecule is COC(=O)C12CCc3cc(OC)ccc3C1=CC(=O)C2. The number of esters is 1. The zero-order valence-electron chi connectivity index (χ0n) is 11.6. The van der Waals surface area contributed by atoms with Crippen LogP contribution in [0.4, 0.5) is 0 Å². The molecule has 20 heavy (non-hydrogen) atoms. The van der Waals surface area contributed by atoms with Crippen LogP contribution in [0.15, 0.2) is 24.3 Å². The number of fused-ring (bicyclic) bond motifs is 3. The monoisotopic (exact) mass is 272 g/mol. The fourth-order valence-electron chi connectivity index (χ4n) is 3.30. The van der Waals surface area contributed by atoms with Gasteiger partial charge in [-0.3, -0.25) is 9.59 Å². The maximum atomic E-state index is 12.2. The first-order valence-corrected chi connectivity index (χ1v) is 6.61. The van der Waals surface area contributed by atoms with Gasteiger partial charge in [-0.2, -0.15) is 0 Å². The molecule has 0 fully saturated rings. The summed E-state index contributed by atoms with van der Waals surface area (Å²) in [4.78, 5) is 24.1. The number of hydrogen-bond acceptors (Lipinski definition) is 4. The van der Waals surface area contributed by atoms with Crippen LogP contribution in [0.3, 0.4) is 0 Å². The van der Waals surface area contributed by atoms with E-state index < -0.39 is 5.41 Å². The molecule has 1 aromatic rings. The Labute approximate surface area is 117 Å². The molecule has 2 aliphatic carbocycles. The Kier molecular flexibility index (Phi) is 2.89. The predicted octanol–water partition coefficient (Wildman–Crippen LogP) is 2.16. The Bertz CT molecular complexity index is 629. The molecule has 1 unspecified atom stereocenters. The van der Waals surface area contributed by atoms with Gasteiger partial charge in [-0.05, 0) is 47.8 Å². The summed E-state index contributed by atoms with van der Waals surface area (Å²) in [7, 11) is 3.00. The molecule has 3 rings (SSSR count). The lowest BCUT2D eigenvalue weighted by molar-refractivity contribution is -0.150. The van der Waals surface area contributed by atoms with Crippen molar-refractivity contribution in [2.75, 3.05) is 14.2 Å². The molecule has 4 heteroatoms. The summed E-state index contributed by atoms with van der Waals surface area (Å²) in [5.74, 6) is 0.476. The summed E-state index contributed by atoms with van der Waals surface area (Å²) in [5.41, 5.74) is 2.10. The molecule has 0 saturated carbocycles. The molecule has 0 spiro atoms. The summed E-state index contributed by atoms with van der Waals surface area (Å²) in [6.45, 7) is 0. The van der Waals surface area contributed by atoms with Gasteiger partial charge in [0.2, 0.25) is 0 Å². The van der Waals surface area contributed by atoms with Gasteiger partial charge in [0.05, 0.1) is 14.2 Å². The molecule has 0 amide bonds. The topological polar surface area (TPSA) is 52.6 Å². The van der Waals surface area contributed by atoms with Gasteiger partial charge < -0.3 is 9.47 Å². The van der Waals surface area contributed by atoms with Crippen molar-refractivity contribution in [3.05, 3.63) is 35.4 Å². The highest BCUT2D eigenvalue weighted by Gasteiger charge is 2.51. The zero-order valence-corrected chi connectivity index (χ0v) is 11.6. The van der Waals surface area contributed by atoms with Gasteiger partial charge >= 0.3 is 5.97 Å². The Hall–Kier alpha value is -2.10. The average Bonchev–Trinajstić information content (AvgIpc) is 2.83. The number of carbonyl (C=O) groups excluding carboxylic acids is 2. The van der Waals surface area contributed by atoms with E-state index in [0.717, 1.165) is 28.9 Å². The zero-order chi connectivity index (χ0) is 14.3. The van der Waals surface area contributed by atoms with E-state index in [0.29, 0.717) is 6.42 Å². The molecule has 0 bridgehead atoms. The van der Waals surface area contributed by atoms with Gasteiger partial charge in [-0.15, -0.1) is 0 Å². The minimum Gasteiger partial charge on any atom is -0.497 e. The molecule has 0 aromatic heterocycles. The number of ketones is 1. The Morgan fingerprint density at radius 1 is 1.30 bits per heavy atom. The molecule has 0 saturated heterocycles. The maximum absolute atomic E-state index is 12.2. The largest absolute Gasteiger partial charge is 0.497 e. The smallest absolute Gasteiger partial charge is 0.316 e. The van der Waals surface area contributed by atoms with Crippen molar-refractivity contribution in [3.8, 4) is 5.75 Å². The van der Waals surface area contributed by atoms with E-state index in [9.17, 15) is 9.59 Å². The first-order valence-electron chi connectivity index (χ1n) is 6.61. The van der Waals surface area contributed by atoms with Gasteiger partial charge in [0.15, 0.2) is 5.78 Å². The van der Waals surface area contributed by atoms with Gasteiger partial charge in [-0.1, -0.05) is 6.07 Å². The van der Waals surface area contributed by atoms with Crippen molar-refractivity contribution in [1.29, 1.82) is 0 Å². The number of carbonyl (C=O) groups is 2. The minimum atomic E-state index is -0.784. The third kappa shape index (κ3) is 1.68. The number of aryl methyl sites for hydroxylation is 1. The number of benzene rings is 1. The molecule has 0 radical (unpaired) electrons. The maximum Gasteiger partial charge on any atom is 0.316 e. The molecule has 4 nitrogen and oxygen atoms in total. The highest BCUT2D eigenvalue weighted by atomic mass is 16.5. The first kappa shape index (κ1) is 12.9. The average molecular weight is 272 g/mol. The molecule has 2 aliphatic rings. The van der Waals surface area contributed by atoms with Crippen molar-refractivity contribution in [3.63, 3.8) is 0 Å². The van der Waals surface area contributed by atoms with Crippen molar-refractivity contribution in [1.82, 2.24) is 0 Å². The lowest BCUT2D eigenvalue weighted by atomic mass is 9.69. The first-order chi connectivity index (χ1) is 9.60. The van der Waals surface area contributed by atoms with Crippen LogP contribution in [0.2, 0.25) is 0 Å². The summed E-state index contributed by atoms with van der Waals surface area (Å²) >= 11 is 0. The Morgan fingerprint density at radius 2 is 2.10 bits per heavy atom. The summed E-state index contributed by atoms with van der Waals surface area (Å²) in [6, 6.07) is 5.76. The molecular formula is C16H16O4. The lowest BCUT2D eigenvalue weighted by Gasteiger charge is -2.34. The van der Waals surface area contributed by atoms with Crippen LogP contribution in [-0.4, -0.2) is 26.0 Å². The summed E-state index contributed by atoms with van der Waals surface area (Å²) < 4.78 is 10.2. The van der Waals surface area contributed by atoms with E-state index >= 15 is 0 Å². The van der Waals surface area contributed by atoms with E-state index in [4.69, 9.17) is 9.47 Å². The van der Waals surface area contributed by atoms with Gasteiger partial charge in [0, 0.05) is 6.42 Å². The fourth-order valence-corrected chi connectivity index (χ4v) is 3.30. The van der Waals surface area contributed by atoms with E-state index in [1.807, 2.05) is 18.2 Å². The highest BCUT2D eigenvalue weighted by molar-refractivity contribution is 6.12. The number of methoxy groups -OCH3 is 2. The van der Waals surface area contributed by atoms with E-state index in [1.54, 1.807) is 13.2 Å². The third-order valence-electron chi connectivity index (χ3n) is 4.30. The summed E-state index contributed by atoms with van der Waals surface area (Å²) in [6.07, 6.45) is 3.17. The predicted molar refractivity (Wildman–Crippen MR) is 73.4 cm³/mol. The minimum absolute atomic E-state index is 0.00549. The van der Waals surface area contributed by atoms with E-state index in [-0.39, 0.29) is 18.2 Å².